The Hall–Kier alpha value is -1.01. The zero-order valence-corrected chi connectivity index (χ0v) is 12.3. The lowest BCUT2D eigenvalue weighted by Gasteiger charge is -2.20. The highest BCUT2D eigenvalue weighted by Crippen LogP contribution is 2.30. The van der Waals surface area contributed by atoms with Crippen LogP contribution in [0.25, 0.3) is 0 Å². The first-order valence-electron chi connectivity index (χ1n) is 6.23. The summed E-state index contributed by atoms with van der Waals surface area (Å²) >= 11 is 1.68. The van der Waals surface area contributed by atoms with Crippen molar-refractivity contribution >= 4 is 26.8 Å². The molecule has 2 aliphatic rings. The quantitative estimate of drug-likeness (QED) is 0.827. The van der Waals surface area contributed by atoms with Crippen LogP contribution in [0.5, 0.6) is 0 Å². The van der Waals surface area contributed by atoms with Gasteiger partial charge >= 0.3 is 0 Å². The lowest BCUT2D eigenvalue weighted by atomic mass is 10.2. The molecule has 0 N–H and O–H groups in total. The molecule has 102 valence electrons. The van der Waals surface area contributed by atoms with E-state index in [0.717, 1.165) is 10.9 Å². The van der Waals surface area contributed by atoms with Crippen molar-refractivity contribution in [3.8, 4) is 0 Å². The maximum atomic E-state index is 11.6. The smallest absolute Gasteiger partial charge is 0.159 e. The van der Waals surface area contributed by atoms with Crippen LogP contribution >= 0.6 is 11.8 Å². The zero-order chi connectivity index (χ0) is 13.5. The predicted molar refractivity (Wildman–Crippen MR) is 79.2 cm³/mol. The standard InChI is InChI=1S/C13H16N2O2S2/c1-15-12-9-19(16,17)8-11(12)14-13(15)18-7-10-5-3-2-4-6-10/h2-6,11-12H,7-9H2,1H3. The van der Waals surface area contributed by atoms with Crippen LogP contribution in [0, 0.1) is 0 Å². The van der Waals surface area contributed by atoms with Gasteiger partial charge in [0.25, 0.3) is 0 Å². The third-order valence-electron chi connectivity index (χ3n) is 3.58. The van der Waals surface area contributed by atoms with E-state index < -0.39 is 9.84 Å². The highest BCUT2D eigenvalue weighted by molar-refractivity contribution is 8.13. The second-order valence-corrected chi connectivity index (χ2v) is 8.10. The number of benzene rings is 1. The van der Waals surface area contributed by atoms with E-state index in [1.54, 1.807) is 11.8 Å². The highest BCUT2D eigenvalue weighted by Gasteiger charge is 2.44. The molecule has 4 nitrogen and oxygen atoms in total. The minimum atomic E-state index is -2.89. The number of sulfone groups is 1. The van der Waals surface area contributed by atoms with Gasteiger partial charge in [0, 0.05) is 12.8 Å². The number of rotatable bonds is 2. The van der Waals surface area contributed by atoms with Gasteiger partial charge in [-0.25, -0.2) is 8.42 Å². The fraction of sp³-hybridized carbons (Fsp3) is 0.462. The molecule has 2 heterocycles. The Balaban J connectivity index is 1.67. The molecule has 1 saturated heterocycles. The van der Waals surface area contributed by atoms with Gasteiger partial charge in [0.2, 0.25) is 0 Å². The number of likely N-dealkylation sites (N-methyl/N-ethyl adjacent to an activating group) is 1. The van der Waals surface area contributed by atoms with Gasteiger partial charge in [0.05, 0.1) is 23.6 Å². The van der Waals surface area contributed by atoms with E-state index in [0.29, 0.717) is 0 Å². The SMILES string of the molecule is CN1C(SCc2ccccc2)=NC2CS(=O)(=O)CC21. The predicted octanol–water partition coefficient (Wildman–Crippen LogP) is 1.39. The van der Waals surface area contributed by atoms with Crippen molar-refractivity contribution in [1.29, 1.82) is 0 Å². The molecular formula is C13H16N2O2S2. The monoisotopic (exact) mass is 296 g/mol. The van der Waals surface area contributed by atoms with E-state index in [4.69, 9.17) is 0 Å². The fourth-order valence-corrected chi connectivity index (χ4v) is 5.50. The van der Waals surface area contributed by atoms with Crippen molar-refractivity contribution in [2.24, 2.45) is 4.99 Å². The molecule has 3 rings (SSSR count). The first-order valence-corrected chi connectivity index (χ1v) is 9.04. The van der Waals surface area contributed by atoms with Crippen molar-refractivity contribution in [3.05, 3.63) is 35.9 Å². The van der Waals surface area contributed by atoms with Crippen LogP contribution < -0.4 is 0 Å². The molecule has 0 radical (unpaired) electrons. The largest absolute Gasteiger partial charge is 0.348 e. The molecule has 0 amide bonds. The summed E-state index contributed by atoms with van der Waals surface area (Å²) < 4.78 is 23.1. The molecule has 0 saturated carbocycles. The first-order chi connectivity index (χ1) is 9.05. The Morgan fingerprint density at radius 1 is 1.32 bits per heavy atom. The van der Waals surface area contributed by atoms with Gasteiger partial charge in [-0.05, 0) is 5.56 Å². The normalized spacial score (nSPS) is 28.3. The average Bonchev–Trinajstić information content (AvgIpc) is 2.83. The summed E-state index contributed by atoms with van der Waals surface area (Å²) in [5.74, 6) is 1.32. The van der Waals surface area contributed by atoms with E-state index >= 15 is 0 Å². The molecular weight excluding hydrogens is 280 g/mol. The molecule has 2 unspecified atom stereocenters. The number of nitrogens with zero attached hydrogens (tertiary/aromatic N) is 2. The lowest BCUT2D eigenvalue weighted by molar-refractivity contribution is 0.410. The summed E-state index contributed by atoms with van der Waals surface area (Å²) in [4.78, 5) is 6.60. The Labute approximate surface area is 117 Å². The molecule has 1 aromatic rings. The molecule has 0 aromatic heterocycles. The molecule has 0 aliphatic carbocycles. The second kappa shape index (κ2) is 4.83. The van der Waals surface area contributed by atoms with Crippen molar-refractivity contribution in [2.45, 2.75) is 17.8 Å². The number of aliphatic imine (C=N–C) groups is 1. The summed E-state index contributed by atoms with van der Waals surface area (Å²) in [6.45, 7) is 0. The van der Waals surface area contributed by atoms with Crippen molar-refractivity contribution in [2.75, 3.05) is 18.6 Å². The highest BCUT2D eigenvalue weighted by atomic mass is 32.2. The molecule has 6 heteroatoms. The summed E-state index contributed by atoms with van der Waals surface area (Å²) in [5, 5.41) is 0.966. The number of thioether (sulfide) groups is 1. The van der Waals surface area contributed by atoms with E-state index in [-0.39, 0.29) is 23.6 Å². The molecule has 0 spiro atoms. The molecule has 1 aromatic carbocycles. The number of fused-ring (bicyclic) bond motifs is 1. The van der Waals surface area contributed by atoms with Crippen molar-refractivity contribution in [3.63, 3.8) is 0 Å². The Morgan fingerprint density at radius 2 is 2.05 bits per heavy atom. The molecule has 2 aliphatic heterocycles. The summed E-state index contributed by atoms with van der Waals surface area (Å²) in [6, 6.07) is 10.2. The van der Waals surface area contributed by atoms with Gasteiger partial charge in [-0.3, -0.25) is 4.99 Å². The van der Waals surface area contributed by atoms with Crippen LogP contribution in [0.4, 0.5) is 0 Å². The maximum absolute atomic E-state index is 11.6. The van der Waals surface area contributed by atoms with E-state index in [1.165, 1.54) is 5.56 Å². The van der Waals surface area contributed by atoms with Crippen LogP contribution in [0.2, 0.25) is 0 Å². The van der Waals surface area contributed by atoms with Crippen LogP contribution in [0.15, 0.2) is 35.3 Å². The third-order valence-corrected chi connectivity index (χ3v) is 6.41. The van der Waals surface area contributed by atoms with Gasteiger partial charge in [-0.15, -0.1) is 0 Å². The minimum Gasteiger partial charge on any atom is -0.348 e. The van der Waals surface area contributed by atoms with Crippen LogP contribution in [0.1, 0.15) is 5.56 Å². The lowest BCUT2D eigenvalue weighted by Crippen LogP contribution is -2.35. The Bertz CT molecular complexity index is 598. The fourth-order valence-electron chi connectivity index (χ4n) is 2.54. The van der Waals surface area contributed by atoms with Gasteiger partial charge in [-0.1, -0.05) is 42.1 Å². The number of amidine groups is 1. The van der Waals surface area contributed by atoms with Crippen molar-refractivity contribution < 1.29 is 8.42 Å². The van der Waals surface area contributed by atoms with E-state index in [9.17, 15) is 8.42 Å². The molecule has 19 heavy (non-hydrogen) atoms. The van der Waals surface area contributed by atoms with Gasteiger partial charge in [0.15, 0.2) is 15.0 Å². The topological polar surface area (TPSA) is 49.7 Å². The van der Waals surface area contributed by atoms with Crippen LogP contribution in [-0.2, 0) is 15.6 Å². The molecule has 0 bridgehead atoms. The molecule has 2 atom stereocenters. The molecule has 1 fully saturated rings. The first kappa shape index (κ1) is 13.0. The van der Waals surface area contributed by atoms with Gasteiger partial charge in [-0.2, -0.15) is 0 Å². The van der Waals surface area contributed by atoms with Gasteiger partial charge < -0.3 is 4.90 Å². The number of hydrogen-bond donors (Lipinski definition) is 0. The number of hydrogen-bond acceptors (Lipinski definition) is 5. The Morgan fingerprint density at radius 3 is 2.74 bits per heavy atom. The van der Waals surface area contributed by atoms with E-state index in [1.807, 2.05) is 30.1 Å². The maximum Gasteiger partial charge on any atom is 0.159 e. The minimum absolute atomic E-state index is 0.0447. The summed E-state index contributed by atoms with van der Waals surface area (Å²) in [5.41, 5.74) is 1.26. The van der Waals surface area contributed by atoms with Crippen LogP contribution in [0.3, 0.4) is 0 Å². The van der Waals surface area contributed by atoms with Crippen LogP contribution in [-0.4, -0.2) is 49.1 Å². The summed E-state index contributed by atoms with van der Waals surface area (Å²) in [6.07, 6.45) is 0. The average molecular weight is 296 g/mol. The second-order valence-electron chi connectivity index (χ2n) is 5.01. The zero-order valence-electron chi connectivity index (χ0n) is 10.7. The van der Waals surface area contributed by atoms with E-state index in [2.05, 4.69) is 17.1 Å². The van der Waals surface area contributed by atoms with Gasteiger partial charge in [0.1, 0.15) is 0 Å². The Kier molecular flexibility index (Phi) is 3.30. The third kappa shape index (κ3) is 2.65. The van der Waals surface area contributed by atoms with Crippen molar-refractivity contribution in [1.82, 2.24) is 4.90 Å². The summed E-state index contributed by atoms with van der Waals surface area (Å²) in [7, 11) is -0.940.